The largest absolute Gasteiger partial charge is 0.493 e. The zero-order valence-corrected chi connectivity index (χ0v) is 10.5. The number of carbonyl (C=O) groups excluding carboxylic acids is 1. The minimum Gasteiger partial charge on any atom is -0.493 e. The first-order valence-corrected chi connectivity index (χ1v) is 5.58. The van der Waals surface area contributed by atoms with Gasteiger partial charge in [0, 0.05) is 6.42 Å². The van der Waals surface area contributed by atoms with Crippen molar-refractivity contribution >= 4 is 5.97 Å². The summed E-state index contributed by atoms with van der Waals surface area (Å²) in [5.74, 6) is 0.458. The average Bonchev–Trinajstić information content (AvgIpc) is 2.31. The van der Waals surface area contributed by atoms with Crippen molar-refractivity contribution in [1.29, 1.82) is 0 Å². The lowest BCUT2D eigenvalue weighted by Gasteiger charge is -2.13. The first-order valence-electron chi connectivity index (χ1n) is 5.58. The molecule has 0 aliphatic heterocycles. The molecule has 0 aromatic heterocycles. The Balaban J connectivity index is 2.49. The first-order chi connectivity index (χ1) is 8.06. The smallest absolute Gasteiger partial charge is 0.322 e. The highest BCUT2D eigenvalue weighted by molar-refractivity contribution is 5.75. The van der Waals surface area contributed by atoms with Crippen LogP contribution in [0.4, 0.5) is 0 Å². The van der Waals surface area contributed by atoms with Gasteiger partial charge >= 0.3 is 5.97 Å². The van der Waals surface area contributed by atoms with Gasteiger partial charge in [0.15, 0.2) is 0 Å². The molecule has 0 spiro atoms. The molecule has 0 bridgehead atoms. The Bertz CT molecular complexity index is 370. The molecule has 1 unspecified atom stereocenters. The molecule has 1 atom stereocenters. The van der Waals surface area contributed by atoms with E-state index in [1.54, 1.807) is 0 Å². The number of ether oxygens (including phenoxy) is 2. The summed E-state index contributed by atoms with van der Waals surface area (Å²) in [4.78, 5) is 11.1. The van der Waals surface area contributed by atoms with E-state index in [1.807, 2.05) is 32.0 Å². The lowest BCUT2D eigenvalue weighted by molar-refractivity contribution is -0.142. The zero-order valence-electron chi connectivity index (χ0n) is 10.5. The third-order valence-corrected chi connectivity index (χ3v) is 2.59. The van der Waals surface area contributed by atoms with Crippen LogP contribution in [0.5, 0.6) is 5.75 Å². The number of aryl methyl sites for hydroxylation is 2. The van der Waals surface area contributed by atoms with E-state index < -0.39 is 12.0 Å². The molecule has 94 valence electrons. The topological polar surface area (TPSA) is 61.5 Å². The van der Waals surface area contributed by atoms with Gasteiger partial charge in [0.1, 0.15) is 11.8 Å². The highest BCUT2D eigenvalue weighted by atomic mass is 16.5. The van der Waals surface area contributed by atoms with Crippen molar-refractivity contribution in [1.82, 2.24) is 0 Å². The van der Waals surface area contributed by atoms with Crippen LogP contribution >= 0.6 is 0 Å². The molecule has 1 aromatic rings. The Labute approximate surface area is 102 Å². The third-order valence-electron chi connectivity index (χ3n) is 2.59. The molecule has 0 saturated carbocycles. The SMILES string of the molecule is COC(=O)C(N)CCOc1c(C)cccc1C. The fraction of sp³-hybridized carbons (Fsp3) is 0.462. The van der Waals surface area contributed by atoms with Gasteiger partial charge in [-0.1, -0.05) is 18.2 Å². The molecule has 0 radical (unpaired) electrons. The fourth-order valence-electron chi connectivity index (χ4n) is 1.58. The molecule has 17 heavy (non-hydrogen) atoms. The van der Waals surface area contributed by atoms with Crippen LogP contribution in [0.1, 0.15) is 17.5 Å². The van der Waals surface area contributed by atoms with Crippen LogP contribution in [0.2, 0.25) is 0 Å². The van der Waals surface area contributed by atoms with Gasteiger partial charge in [-0.25, -0.2) is 0 Å². The van der Waals surface area contributed by atoms with Gasteiger partial charge in [0.25, 0.3) is 0 Å². The monoisotopic (exact) mass is 237 g/mol. The van der Waals surface area contributed by atoms with E-state index >= 15 is 0 Å². The predicted molar refractivity (Wildman–Crippen MR) is 66.0 cm³/mol. The van der Waals surface area contributed by atoms with Crippen LogP contribution in [0.15, 0.2) is 18.2 Å². The minimum absolute atomic E-state index is 0.405. The molecule has 0 aliphatic carbocycles. The zero-order chi connectivity index (χ0) is 12.8. The molecule has 1 aromatic carbocycles. The molecule has 0 fully saturated rings. The molecule has 0 amide bonds. The van der Waals surface area contributed by atoms with Gasteiger partial charge in [-0.05, 0) is 25.0 Å². The number of benzene rings is 1. The van der Waals surface area contributed by atoms with Crippen molar-refractivity contribution in [2.45, 2.75) is 26.3 Å². The number of carbonyl (C=O) groups is 1. The normalized spacial score (nSPS) is 12.0. The van der Waals surface area contributed by atoms with Gasteiger partial charge in [-0.2, -0.15) is 0 Å². The molecule has 2 N–H and O–H groups in total. The number of hydrogen-bond acceptors (Lipinski definition) is 4. The second-order valence-electron chi connectivity index (χ2n) is 3.99. The van der Waals surface area contributed by atoms with E-state index in [1.165, 1.54) is 7.11 Å². The Kier molecular flexibility index (Phi) is 4.97. The second kappa shape index (κ2) is 6.25. The van der Waals surface area contributed by atoms with Gasteiger partial charge in [-0.3, -0.25) is 4.79 Å². The summed E-state index contributed by atoms with van der Waals surface area (Å²) in [6.07, 6.45) is 0.445. The third kappa shape index (κ3) is 3.75. The maximum Gasteiger partial charge on any atom is 0.322 e. The van der Waals surface area contributed by atoms with Crippen LogP contribution < -0.4 is 10.5 Å². The van der Waals surface area contributed by atoms with Gasteiger partial charge in [0.05, 0.1) is 13.7 Å². The van der Waals surface area contributed by atoms with Gasteiger partial charge in [0.2, 0.25) is 0 Å². The van der Waals surface area contributed by atoms with Crippen LogP contribution in [0, 0.1) is 13.8 Å². The molecule has 0 saturated heterocycles. The van der Waals surface area contributed by atoms with Crippen molar-refractivity contribution in [3.05, 3.63) is 29.3 Å². The standard InChI is InChI=1S/C13H19NO3/c1-9-5-4-6-10(2)12(9)17-8-7-11(14)13(15)16-3/h4-6,11H,7-8,14H2,1-3H3. The predicted octanol–water partition coefficient (Wildman–Crippen LogP) is 1.57. The summed E-state index contributed by atoms with van der Waals surface area (Å²) < 4.78 is 10.2. The van der Waals surface area contributed by atoms with Crippen molar-refractivity contribution in [3.63, 3.8) is 0 Å². The summed E-state index contributed by atoms with van der Waals surface area (Å²) in [5.41, 5.74) is 7.77. The van der Waals surface area contributed by atoms with E-state index in [0.717, 1.165) is 16.9 Å². The first kappa shape index (κ1) is 13.5. The van der Waals surface area contributed by atoms with Crippen molar-refractivity contribution in [3.8, 4) is 5.75 Å². The quantitative estimate of drug-likeness (QED) is 0.790. The van der Waals surface area contributed by atoms with Crippen molar-refractivity contribution < 1.29 is 14.3 Å². The maximum atomic E-state index is 11.1. The van der Waals surface area contributed by atoms with E-state index in [0.29, 0.717) is 13.0 Å². The lowest BCUT2D eigenvalue weighted by atomic mass is 10.1. The summed E-state index contributed by atoms with van der Waals surface area (Å²) in [5, 5.41) is 0. The average molecular weight is 237 g/mol. The number of esters is 1. The Morgan fingerprint density at radius 1 is 1.35 bits per heavy atom. The molecule has 1 rings (SSSR count). The highest BCUT2D eigenvalue weighted by Crippen LogP contribution is 2.22. The number of rotatable bonds is 5. The Morgan fingerprint density at radius 3 is 2.47 bits per heavy atom. The number of nitrogens with two attached hydrogens (primary N) is 1. The summed E-state index contributed by atoms with van der Waals surface area (Å²) in [6, 6.07) is 5.34. The Morgan fingerprint density at radius 2 is 1.94 bits per heavy atom. The molecule has 4 nitrogen and oxygen atoms in total. The highest BCUT2D eigenvalue weighted by Gasteiger charge is 2.13. The number of hydrogen-bond donors (Lipinski definition) is 1. The minimum atomic E-state index is -0.621. The lowest BCUT2D eigenvalue weighted by Crippen LogP contribution is -2.33. The van der Waals surface area contributed by atoms with Crippen LogP contribution in [0.25, 0.3) is 0 Å². The van der Waals surface area contributed by atoms with Crippen molar-refractivity contribution in [2.75, 3.05) is 13.7 Å². The maximum absolute atomic E-state index is 11.1. The number of para-hydroxylation sites is 1. The van der Waals surface area contributed by atoms with Gasteiger partial charge in [-0.15, -0.1) is 0 Å². The van der Waals surface area contributed by atoms with E-state index in [4.69, 9.17) is 10.5 Å². The van der Waals surface area contributed by atoms with E-state index in [-0.39, 0.29) is 0 Å². The molecule has 0 aliphatic rings. The van der Waals surface area contributed by atoms with Crippen molar-refractivity contribution in [2.24, 2.45) is 5.73 Å². The number of methoxy groups -OCH3 is 1. The van der Waals surface area contributed by atoms with Crippen LogP contribution in [-0.2, 0) is 9.53 Å². The van der Waals surface area contributed by atoms with Gasteiger partial charge < -0.3 is 15.2 Å². The molecular formula is C13H19NO3. The molecule has 4 heteroatoms. The van der Waals surface area contributed by atoms with E-state index in [9.17, 15) is 4.79 Å². The molecule has 0 heterocycles. The fourth-order valence-corrected chi connectivity index (χ4v) is 1.58. The van der Waals surface area contributed by atoms with Crippen LogP contribution in [0.3, 0.4) is 0 Å². The van der Waals surface area contributed by atoms with E-state index in [2.05, 4.69) is 4.74 Å². The second-order valence-corrected chi connectivity index (χ2v) is 3.99. The summed E-state index contributed by atoms with van der Waals surface area (Å²) >= 11 is 0. The molecular weight excluding hydrogens is 218 g/mol. The Hall–Kier alpha value is -1.55. The summed E-state index contributed by atoms with van der Waals surface area (Å²) in [6.45, 7) is 4.38. The summed E-state index contributed by atoms with van der Waals surface area (Å²) in [7, 11) is 1.33. The van der Waals surface area contributed by atoms with Crippen LogP contribution in [-0.4, -0.2) is 25.7 Å².